The van der Waals surface area contributed by atoms with Gasteiger partial charge in [-0.05, 0) is 68.6 Å². The van der Waals surface area contributed by atoms with Crippen molar-refractivity contribution in [2.24, 2.45) is 29.6 Å². The number of aromatic carboxylic acids is 1. The highest BCUT2D eigenvalue weighted by atomic mass is 16.4. The van der Waals surface area contributed by atoms with Crippen LogP contribution >= 0.6 is 0 Å². The molecule has 0 aromatic carbocycles. The SMILES string of the molecule is Cc1nc(CC2C3CC4CC(C3)CC2C4)oc1C(=O)O. The predicted octanol–water partition coefficient (Wildman–Crippen LogP) is 3.30. The second kappa shape index (κ2) is 4.34. The average molecular weight is 275 g/mol. The molecule has 4 aliphatic carbocycles. The van der Waals surface area contributed by atoms with Crippen molar-refractivity contribution >= 4 is 5.97 Å². The minimum Gasteiger partial charge on any atom is -0.475 e. The van der Waals surface area contributed by atoms with E-state index in [-0.39, 0.29) is 5.76 Å². The number of carboxylic acids is 1. The zero-order chi connectivity index (χ0) is 13.9. The first-order valence-corrected chi connectivity index (χ1v) is 7.79. The molecule has 1 heterocycles. The molecule has 0 radical (unpaired) electrons. The molecule has 4 saturated carbocycles. The number of carbonyl (C=O) groups is 1. The third-order valence-electron chi connectivity index (χ3n) is 5.87. The molecule has 0 saturated heterocycles. The zero-order valence-electron chi connectivity index (χ0n) is 11.8. The lowest BCUT2D eigenvalue weighted by Gasteiger charge is -2.54. The largest absolute Gasteiger partial charge is 0.475 e. The average Bonchev–Trinajstić information content (AvgIpc) is 2.74. The quantitative estimate of drug-likeness (QED) is 0.919. The predicted molar refractivity (Wildman–Crippen MR) is 72.4 cm³/mol. The topological polar surface area (TPSA) is 63.3 Å². The molecular weight excluding hydrogens is 254 g/mol. The maximum Gasteiger partial charge on any atom is 0.373 e. The van der Waals surface area contributed by atoms with Crippen LogP contribution in [0.2, 0.25) is 0 Å². The lowest BCUT2D eigenvalue weighted by molar-refractivity contribution is -0.0382. The fourth-order valence-electron chi connectivity index (χ4n) is 5.31. The van der Waals surface area contributed by atoms with E-state index in [9.17, 15) is 4.79 Å². The molecule has 0 amide bonds. The van der Waals surface area contributed by atoms with E-state index in [0.717, 1.165) is 30.1 Å². The van der Waals surface area contributed by atoms with Gasteiger partial charge in [-0.25, -0.2) is 9.78 Å². The second-order valence-corrected chi connectivity index (χ2v) is 7.13. The van der Waals surface area contributed by atoms with Crippen LogP contribution in [0.1, 0.15) is 54.2 Å². The highest BCUT2D eigenvalue weighted by Gasteiger charge is 2.48. The summed E-state index contributed by atoms with van der Waals surface area (Å²) in [6.07, 6.45) is 7.81. The van der Waals surface area contributed by atoms with E-state index < -0.39 is 5.97 Å². The monoisotopic (exact) mass is 275 g/mol. The Balaban J connectivity index is 1.54. The lowest BCUT2D eigenvalue weighted by atomic mass is 9.51. The third-order valence-corrected chi connectivity index (χ3v) is 5.87. The summed E-state index contributed by atoms with van der Waals surface area (Å²) in [5.41, 5.74) is 0.510. The third kappa shape index (κ3) is 1.88. The molecule has 1 aromatic heterocycles. The Labute approximate surface area is 118 Å². The highest BCUT2D eigenvalue weighted by molar-refractivity contribution is 5.85. The maximum absolute atomic E-state index is 11.0. The Kier molecular flexibility index (Phi) is 2.69. The summed E-state index contributed by atoms with van der Waals surface area (Å²) in [6, 6.07) is 0. The van der Waals surface area contributed by atoms with Gasteiger partial charge < -0.3 is 9.52 Å². The van der Waals surface area contributed by atoms with E-state index in [2.05, 4.69) is 4.98 Å². The molecule has 4 nitrogen and oxygen atoms in total. The minimum atomic E-state index is -1.01. The van der Waals surface area contributed by atoms with Gasteiger partial charge in [-0.3, -0.25) is 0 Å². The molecule has 0 atom stereocenters. The molecule has 0 spiro atoms. The van der Waals surface area contributed by atoms with Gasteiger partial charge in [0.05, 0.1) is 5.69 Å². The molecule has 5 rings (SSSR count). The molecule has 4 heteroatoms. The van der Waals surface area contributed by atoms with E-state index in [0.29, 0.717) is 17.5 Å². The summed E-state index contributed by atoms with van der Waals surface area (Å²) in [6.45, 7) is 1.72. The fraction of sp³-hybridized carbons (Fsp3) is 0.750. The molecule has 20 heavy (non-hydrogen) atoms. The molecule has 0 unspecified atom stereocenters. The van der Waals surface area contributed by atoms with Gasteiger partial charge in [0.1, 0.15) is 0 Å². The van der Waals surface area contributed by atoms with Crippen molar-refractivity contribution in [1.29, 1.82) is 0 Å². The number of oxazole rings is 1. The molecule has 4 bridgehead atoms. The van der Waals surface area contributed by atoms with Gasteiger partial charge in [-0.15, -0.1) is 0 Å². The van der Waals surface area contributed by atoms with E-state index in [1.807, 2.05) is 0 Å². The van der Waals surface area contributed by atoms with Crippen LogP contribution in [0, 0.1) is 36.5 Å². The van der Waals surface area contributed by atoms with Gasteiger partial charge in [-0.2, -0.15) is 0 Å². The number of aryl methyl sites for hydroxylation is 1. The lowest BCUT2D eigenvalue weighted by Crippen LogP contribution is -2.45. The fourth-order valence-corrected chi connectivity index (χ4v) is 5.31. The number of rotatable bonds is 3. The van der Waals surface area contributed by atoms with Gasteiger partial charge in [0.15, 0.2) is 5.89 Å². The van der Waals surface area contributed by atoms with Crippen LogP contribution in [0.15, 0.2) is 4.42 Å². The molecule has 108 valence electrons. The van der Waals surface area contributed by atoms with Crippen LogP contribution in [0.5, 0.6) is 0 Å². The summed E-state index contributed by atoms with van der Waals surface area (Å²) in [7, 11) is 0. The Hall–Kier alpha value is -1.32. The van der Waals surface area contributed by atoms with Crippen molar-refractivity contribution in [2.45, 2.75) is 45.4 Å². The Morgan fingerprint density at radius 3 is 2.30 bits per heavy atom. The van der Waals surface area contributed by atoms with E-state index in [1.54, 1.807) is 6.92 Å². The van der Waals surface area contributed by atoms with Crippen molar-refractivity contribution < 1.29 is 14.3 Å². The van der Waals surface area contributed by atoms with Gasteiger partial charge >= 0.3 is 5.97 Å². The van der Waals surface area contributed by atoms with Crippen LogP contribution in [-0.4, -0.2) is 16.1 Å². The molecule has 0 aliphatic heterocycles. The molecule has 4 aliphatic rings. The van der Waals surface area contributed by atoms with Crippen molar-refractivity contribution in [3.63, 3.8) is 0 Å². The van der Waals surface area contributed by atoms with Crippen LogP contribution in [0.25, 0.3) is 0 Å². The first-order chi connectivity index (χ1) is 9.60. The van der Waals surface area contributed by atoms with Gasteiger partial charge in [0.25, 0.3) is 0 Å². The van der Waals surface area contributed by atoms with Gasteiger partial charge in [0.2, 0.25) is 5.76 Å². The van der Waals surface area contributed by atoms with E-state index in [4.69, 9.17) is 9.52 Å². The summed E-state index contributed by atoms with van der Waals surface area (Å²) in [5.74, 6) is 3.90. The normalized spacial score (nSPS) is 38.4. The number of hydrogen-bond donors (Lipinski definition) is 1. The summed E-state index contributed by atoms with van der Waals surface area (Å²) in [5, 5.41) is 9.05. The number of nitrogens with zero attached hydrogens (tertiary/aromatic N) is 1. The maximum atomic E-state index is 11.0. The second-order valence-electron chi connectivity index (χ2n) is 7.13. The van der Waals surface area contributed by atoms with Crippen molar-refractivity contribution in [1.82, 2.24) is 4.98 Å². The molecule has 1 N–H and O–H groups in total. The smallest absolute Gasteiger partial charge is 0.373 e. The minimum absolute atomic E-state index is 0.0174. The van der Waals surface area contributed by atoms with Crippen molar-refractivity contribution in [3.05, 3.63) is 17.3 Å². The molecular formula is C16H21NO3. The van der Waals surface area contributed by atoms with Crippen LogP contribution in [0.3, 0.4) is 0 Å². The molecule has 4 fully saturated rings. The number of carboxylic acid groups (broad SMARTS) is 1. The van der Waals surface area contributed by atoms with Crippen molar-refractivity contribution in [2.75, 3.05) is 0 Å². The Bertz CT molecular complexity index is 520. The van der Waals surface area contributed by atoms with Crippen LogP contribution in [0.4, 0.5) is 0 Å². The zero-order valence-corrected chi connectivity index (χ0v) is 11.8. The Morgan fingerprint density at radius 2 is 1.80 bits per heavy atom. The number of hydrogen-bond acceptors (Lipinski definition) is 3. The van der Waals surface area contributed by atoms with E-state index in [1.165, 1.54) is 32.1 Å². The molecule has 1 aromatic rings. The summed E-state index contributed by atoms with van der Waals surface area (Å²) >= 11 is 0. The van der Waals surface area contributed by atoms with Gasteiger partial charge in [0, 0.05) is 6.42 Å². The van der Waals surface area contributed by atoms with Gasteiger partial charge in [-0.1, -0.05) is 0 Å². The van der Waals surface area contributed by atoms with Crippen molar-refractivity contribution in [3.8, 4) is 0 Å². The summed E-state index contributed by atoms with van der Waals surface area (Å²) < 4.78 is 5.47. The van der Waals surface area contributed by atoms with Crippen LogP contribution < -0.4 is 0 Å². The number of aromatic nitrogens is 1. The highest BCUT2D eigenvalue weighted by Crippen LogP contribution is 2.57. The Morgan fingerprint density at radius 1 is 1.20 bits per heavy atom. The van der Waals surface area contributed by atoms with Crippen LogP contribution in [-0.2, 0) is 6.42 Å². The first-order valence-electron chi connectivity index (χ1n) is 7.79. The van der Waals surface area contributed by atoms with E-state index >= 15 is 0 Å². The first kappa shape index (κ1) is 12.4. The summed E-state index contributed by atoms with van der Waals surface area (Å²) in [4.78, 5) is 15.4. The standard InChI is InChI=1S/C16H21NO3/c1-8-15(16(18)19)20-14(17-8)7-13-11-3-9-2-10(5-11)6-12(13)4-9/h9-13H,2-7H2,1H3,(H,18,19).